The van der Waals surface area contributed by atoms with Crippen LogP contribution in [-0.4, -0.2) is 20.8 Å². The number of H-pyrrole nitrogens is 1. The molecule has 1 aliphatic rings. The third-order valence-corrected chi connectivity index (χ3v) is 3.09. The van der Waals surface area contributed by atoms with E-state index in [1.54, 1.807) is 12.2 Å². The van der Waals surface area contributed by atoms with Crippen LogP contribution in [-0.2, 0) is 0 Å². The minimum Gasteiger partial charge on any atom is -0.389 e. The molecule has 2 rings (SSSR count). The maximum atomic E-state index is 11.5. The molecule has 5 nitrogen and oxygen atoms in total. The molecule has 2 atom stereocenters. The maximum absolute atomic E-state index is 11.5. The highest BCUT2D eigenvalue weighted by molar-refractivity contribution is 14.1. The van der Waals surface area contributed by atoms with E-state index in [4.69, 9.17) is 0 Å². The number of aromatic nitrogens is 2. The van der Waals surface area contributed by atoms with Gasteiger partial charge in [-0.05, 0) is 22.6 Å². The smallest absolute Gasteiger partial charge is 0.328 e. The van der Waals surface area contributed by atoms with Gasteiger partial charge in [0.15, 0.2) is 0 Å². The van der Waals surface area contributed by atoms with Gasteiger partial charge >= 0.3 is 5.69 Å². The zero-order valence-electron chi connectivity index (χ0n) is 7.68. The molecule has 0 fully saturated rings. The van der Waals surface area contributed by atoms with Crippen molar-refractivity contribution in [1.82, 2.24) is 9.55 Å². The van der Waals surface area contributed by atoms with Gasteiger partial charge in [-0.25, -0.2) is 4.79 Å². The average molecular weight is 320 g/mol. The van der Waals surface area contributed by atoms with E-state index >= 15 is 0 Å². The third kappa shape index (κ3) is 2.05. The minimum absolute atomic E-state index is 0.169. The van der Waals surface area contributed by atoms with Crippen molar-refractivity contribution in [3.8, 4) is 0 Å². The first-order valence-electron chi connectivity index (χ1n) is 4.45. The standard InChI is InChI=1S/C9H9IN2O3/c10-7-4-12(9(15)11-8(7)14)5-1-2-6(13)3-5/h1-2,4-6,13H,3H2,(H,11,14,15). The van der Waals surface area contributed by atoms with Crippen LogP contribution >= 0.6 is 22.6 Å². The predicted octanol–water partition coefficient (Wildman–Crippen LogP) is 0.00310. The van der Waals surface area contributed by atoms with E-state index in [9.17, 15) is 14.7 Å². The molecule has 6 heteroatoms. The van der Waals surface area contributed by atoms with E-state index in [1.165, 1.54) is 10.8 Å². The van der Waals surface area contributed by atoms with Crippen molar-refractivity contribution in [2.24, 2.45) is 0 Å². The molecule has 15 heavy (non-hydrogen) atoms. The summed E-state index contributed by atoms with van der Waals surface area (Å²) < 4.78 is 1.89. The van der Waals surface area contributed by atoms with Crippen LogP contribution in [0.5, 0.6) is 0 Å². The zero-order valence-corrected chi connectivity index (χ0v) is 9.84. The monoisotopic (exact) mass is 320 g/mol. The second-order valence-corrected chi connectivity index (χ2v) is 4.56. The summed E-state index contributed by atoms with van der Waals surface area (Å²) in [6.07, 6.45) is 4.89. The summed E-state index contributed by atoms with van der Waals surface area (Å²) in [5, 5.41) is 9.30. The SMILES string of the molecule is O=c1[nH]c(=O)n(C2C=CC(O)C2)cc1I. The Morgan fingerprint density at radius 3 is 2.80 bits per heavy atom. The quantitative estimate of drug-likeness (QED) is 0.565. The first kappa shape index (κ1) is 10.6. The van der Waals surface area contributed by atoms with E-state index in [0.29, 0.717) is 9.99 Å². The van der Waals surface area contributed by atoms with E-state index in [1.807, 2.05) is 22.6 Å². The van der Waals surface area contributed by atoms with Crippen molar-refractivity contribution < 1.29 is 5.11 Å². The molecule has 2 N–H and O–H groups in total. The van der Waals surface area contributed by atoms with Crippen LogP contribution in [0.2, 0.25) is 0 Å². The summed E-state index contributed by atoms with van der Waals surface area (Å²) in [4.78, 5) is 24.8. The Kier molecular flexibility index (Phi) is 2.79. The maximum Gasteiger partial charge on any atom is 0.328 e. The lowest BCUT2D eigenvalue weighted by atomic mass is 10.2. The summed E-state index contributed by atoms with van der Waals surface area (Å²) >= 11 is 1.87. The molecule has 1 aliphatic carbocycles. The summed E-state index contributed by atoms with van der Waals surface area (Å²) in [5.41, 5.74) is -0.816. The van der Waals surface area contributed by atoms with Gasteiger partial charge in [0.2, 0.25) is 0 Å². The van der Waals surface area contributed by atoms with Crippen molar-refractivity contribution in [1.29, 1.82) is 0 Å². The molecular formula is C9H9IN2O3. The van der Waals surface area contributed by atoms with E-state index in [0.717, 1.165) is 0 Å². The lowest BCUT2D eigenvalue weighted by Gasteiger charge is -2.12. The second-order valence-electron chi connectivity index (χ2n) is 3.40. The van der Waals surface area contributed by atoms with E-state index in [2.05, 4.69) is 4.98 Å². The van der Waals surface area contributed by atoms with Crippen LogP contribution in [0.15, 0.2) is 27.9 Å². The minimum atomic E-state index is -0.508. The largest absolute Gasteiger partial charge is 0.389 e. The van der Waals surface area contributed by atoms with E-state index in [-0.39, 0.29) is 11.6 Å². The van der Waals surface area contributed by atoms with Crippen molar-refractivity contribution in [2.45, 2.75) is 18.6 Å². The van der Waals surface area contributed by atoms with Gasteiger partial charge in [0, 0.05) is 12.6 Å². The summed E-state index contributed by atoms with van der Waals surface area (Å²) in [5.74, 6) is 0. The van der Waals surface area contributed by atoms with Crippen LogP contribution in [0, 0.1) is 3.57 Å². The molecule has 1 aromatic rings. The summed E-state index contributed by atoms with van der Waals surface area (Å²) in [6.45, 7) is 0. The Bertz CT molecular complexity index is 517. The second kappa shape index (κ2) is 3.93. The number of hydrogen-bond acceptors (Lipinski definition) is 3. The zero-order chi connectivity index (χ0) is 11.0. The van der Waals surface area contributed by atoms with Gasteiger partial charge in [0.05, 0.1) is 15.7 Å². The first-order valence-corrected chi connectivity index (χ1v) is 5.53. The van der Waals surface area contributed by atoms with Gasteiger partial charge in [-0.3, -0.25) is 14.3 Å². The molecule has 0 bridgehead atoms. The van der Waals surface area contributed by atoms with Gasteiger partial charge in [0.25, 0.3) is 5.56 Å². The number of allylic oxidation sites excluding steroid dienone is 1. The lowest BCUT2D eigenvalue weighted by molar-refractivity contribution is 0.209. The number of hydrogen-bond donors (Lipinski definition) is 2. The van der Waals surface area contributed by atoms with Gasteiger partial charge in [-0.1, -0.05) is 12.2 Å². The Morgan fingerprint density at radius 2 is 2.20 bits per heavy atom. The highest BCUT2D eigenvalue weighted by atomic mass is 127. The molecule has 80 valence electrons. The summed E-state index contributed by atoms with van der Waals surface area (Å²) in [7, 11) is 0. The highest BCUT2D eigenvalue weighted by Gasteiger charge is 2.19. The Hall–Kier alpha value is -0.890. The van der Waals surface area contributed by atoms with Crippen LogP contribution in [0.1, 0.15) is 12.5 Å². The molecule has 1 heterocycles. The Morgan fingerprint density at radius 1 is 1.47 bits per heavy atom. The molecule has 0 radical (unpaired) electrons. The lowest BCUT2D eigenvalue weighted by Crippen LogP contribution is -2.32. The molecular weight excluding hydrogens is 311 g/mol. The number of rotatable bonds is 1. The number of nitrogens with zero attached hydrogens (tertiary/aromatic N) is 1. The number of aromatic amines is 1. The van der Waals surface area contributed by atoms with E-state index < -0.39 is 11.8 Å². The van der Waals surface area contributed by atoms with Gasteiger partial charge in [-0.2, -0.15) is 0 Å². The average Bonchev–Trinajstić information content (AvgIpc) is 2.58. The van der Waals surface area contributed by atoms with Crippen molar-refractivity contribution in [3.63, 3.8) is 0 Å². The molecule has 0 aromatic carbocycles. The highest BCUT2D eigenvalue weighted by Crippen LogP contribution is 2.21. The number of nitrogens with one attached hydrogen (secondary N) is 1. The topological polar surface area (TPSA) is 75.1 Å². The number of halogens is 1. The predicted molar refractivity (Wildman–Crippen MR) is 62.8 cm³/mol. The normalized spacial score (nSPS) is 24.7. The van der Waals surface area contributed by atoms with Gasteiger partial charge < -0.3 is 5.11 Å². The number of aliphatic hydroxyl groups is 1. The van der Waals surface area contributed by atoms with Gasteiger partial charge in [-0.15, -0.1) is 0 Å². The van der Waals surface area contributed by atoms with Crippen LogP contribution in [0.25, 0.3) is 0 Å². The third-order valence-electron chi connectivity index (χ3n) is 2.32. The molecule has 0 saturated heterocycles. The van der Waals surface area contributed by atoms with Crippen molar-refractivity contribution in [2.75, 3.05) is 0 Å². The Balaban J connectivity index is 2.46. The molecule has 2 unspecified atom stereocenters. The van der Waals surface area contributed by atoms with Crippen molar-refractivity contribution in [3.05, 3.63) is 42.8 Å². The molecule has 1 aromatic heterocycles. The molecule has 0 aliphatic heterocycles. The molecule has 0 amide bonds. The van der Waals surface area contributed by atoms with Crippen LogP contribution in [0.4, 0.5) is 0 Å². The van der Waals surface area contributed by atoms with Crippen molar-refractivity contribution >= 4 is 22.6 Å². The first-order chi connectivity index (χ1) is 7.08. The molecule has 0 saturated carbocycles. The Labute approximate surface area is 98.6 Å². The fraction of sp³-hybridized carbons (Fsp3) is 0.333. The fourth-order valence-corrected chi connectivity index (χ4v) is 2.01. The molecule has 0 spiro atoms. The fourth-order valence-electron chi connectivity index (χ4n) is 1.57. The van der Waals surface area contributed by atoms with Crippen LogP contribution in [0.3, 0.4) is 0 Å². The number of aliphatic hydroxyl groups excluding tert-OH is 1. The summed E-state index contributed by atoms with van der Waals surface area (Å²) in [6, 6.07) is -0.169. The van der Waals surface area contributed by atoms with Crippen LogP contribution < -0.4 is 11.2 Å². The van der Waals surface area contributed by atoms with Gasteiger partial charge in [0.1, 0.15) is 0 Å².